The molecule has 136 valence electrons. The number of hydrogen-bond acceptors (Lipinski definition) is 4. The summed E-state index contributed by atoms with van der Waals surface area (Å²) in [5.74, 6) is 1.84. The smallest absolute Gasteiger partial charge is 0.193 e. The van der Waals surface area contributed by atoms with Crippen molar-refractivity contribution in [3.8, 4) is 0 Å². The van der Waals surface area contributed by atoms with E-state index < -0.39 is 0 Å². The average molecular weight is 352 g/mol. The van der Waals surface area contributed by atoms with E-state index in [9.17, 15) is 0 Å². The fourth-order valence-corrected chi connectivity index (χ4v) is 4.00. The molecule has 1 unspecified atom stereocenters. The molecule has 6 heteroatoms. The average Bonchev–Trinajstić information content (AvgIpc) is 3.21. The molecule has 1 saturated heterocycles. The van der Waals surface area contributed by atoms with Gasteiger partial charge in [-0.1, -0.05) is 13.8 Å². The molecule has 1 atom stereocenters. The van der Waals surface area contributed by atoms with Crippen LogP contribution >= 0.6 is 11.3 Å². The lowest BCUT2D eigenvalue weighted by Crippen LogP contribution is -2.41. The van der Waals surface area contributed by atoms with Crippen LogP contribution in [0.5, 0.6) is 0 Å². The molecule has 0 radical (unpaired) electrons. The second-order valence-electron chi connectivity index (χ2n) is 6.44. The van der Waals surface area contributed by atoms with E-state index in [2.05, 4.69) is 47.8 Å². The van der Waals surface area contributed by atoms with Crippen LogP contribution in [0.3, 0.4) is 0 Å². The molecule has 0 spiro atoms. The van der Waals surface area contributed by atoms with Crippen molar-refractivity contribution in [2.24, 2.45) is 10.9 Å². The van der Waals surface area contributed by atoms with Crippen LogP contribution in [0.4, 0.5) is 0 Å². The SMILES string of the molecule is CCNC(=NCCc1ncc(C)s1)N1CCC(CN(CC)CC)C1. The first-order valence-corrected chi connectivity index (χ1v) is 10.1. The third-order valence-corrected chi connectivity index (χ3v) is 5.56. The van der Waals surface area contributed by atoms with Crippen LogP contribution in [0, 0.1) is 12.8 Å². The second kappa shape index (κ2) is 9.99. The Balaban J connectivity index is 1.86. The maximum Gasteiger partial charge on any atom is 0.193 e. The summed E-state index contributed by atoms with van der Waals surface area (Å²) >= 11 is 1.78. The Morgan fingerprint density at radius 2 is 2.21 bits per heavy atom. The van der Waals surface area contributed by atoms with E-state index in [-0.39, 0.29) is 0 Å². The maximum atomic E-state index is 4.84. The van der Waals surface area contributed by atoms with Gasteiger partial charge in [-0.25, -0.2) is 4.98 Å². The van der Waals surface area contributed by atoms with Crippen LogP contribution in [0.25, 0.3) is 0 Å². The molecule has 1 fully saturated rings. The highest BCUT2D eigenvalue weighted by Gasteiger charge is 2.25. The number of thiazole rings is 1. The number of hydrogen-bond donors (Lipinski definition) is 1. The number of aromatic nitrogens is 1. The summed E-state index contributed by atoms with van der Waals surface area (Å²) in [6, 6.07) is 0. The van der Waals surface area contributed by atoms with Crippen LogP contribution < -0.4 is 5.32 Å². The van der Waals surface area contributed by atoms with Gasteiger partial charge in [0, 0.05) is 50.2 Å². The predicted molar refractivity (Wildman–Crippen MR) is 104 cm³/mol. The van der Waals surface area contributed by atoms with Crippen molar-refractivity contribution in [2.45, 2.75) is 40.5 Å². The monoisotopic (exact) mass is 351 g/mol. The summed E-state index contributed by atoms with van der Waals surface area (Å²) in [5, 5.41) is 4.65. The third kappa shape index (κ3) is 5.74. The molecule has 1 N–H and O–H groups in total. The van der Waals surface area contributed by atoms with E-state index >= 15 is 0 Å². The number of guanidine groups is 1. The number of rotatable bonds is 8. The minimum atomic E-state index is 0.760. The van der Waals surface area contributed by atoms with Crippen molar-refractivity contribution in [2.75, 3.05) is 45.8 Å². The van der Waals surface area contributed by atoms with Gasteiger partial charge in [0.15, 0.2) is 5.96 Å². The quantitative estimate of drug-likeness (QED) is 0.578. The summed E-state index contributed by atoms with van der Waals surface area (Å²) in [6.45, 7) is 16.2. The van der Waals surface area contributed by atoms with Crippen molar-refractivity contribution in [1.82, 2.24) is 20.1 Å². The minimum Gasteiger partial charge on any atom is -0.357 e. The number of aryl methyl sites for hydroxylation is 1. The zero-order valence-electron chi connectivity index (χ0n) is 15.7. The van der Waals surface area contributed by atoms with Crippen molar-refractivity contribution >= 4 is 17.3 Å². The van der Waals surface area contributed by atoms with Crippen molar-refractivity contribution < 1.29 is 0 Å². The second-order valence-corrected chi connectivity index (χ2v) is 7.76. The Morgan fingerprint density at radius 1 is 1.42 bits per heavy atom. The molecular formula is C18H33N5S. The van der Waals surface area contributed by atoms with Crippen LogP contribution in [0.1, 0.15) is 37.1 Å². The van der Waals surface area contributed by atoms with Crippen molar-refractivity contribution in [3.63, 3.8) is 0 Å². The number of nitrogens with zero attached hydrogens (tertiary/aromatic N) is 4. The first-order valence-electron chi connectivity index (χ1n) is 9.33. The summed E-state index contributed by atoms with van der Waals surface area (Å²) in [5.41, 5.74) is 0. The van der Waals surface area contributed by atoms with Gasteiger partial charge in [0.05, 0.1) is 5.01 Å². The summed E-state index contributed by atoms with van der Waals surface area (Å²) in [7, 11) is 0. The van der Waals surface area contributed by atoms with Crippen LogP contribution in [-0.2, 0) is 6.42 Å². The Morgan fingerprint density at radius 3 is 2.83 bits per heavy atom. The lowest BCUT2D eigenvalue weighted by atomic mass is 10.1. The van der Waals surface area contributed by atoms with Crippen LogP contribution in [0.15, 0.2) is 11.2 Å². The summed E-state index contributed by atoms with van der Waals surface area (Å²) < 4.78 is 0. The molecule has 0 aliphatic carbocycles. The van der Waals surface area contributed by atoms with Crippen molar-refractivity contribution in [3.05, 3.63) is 16.1 Å². The Kier molecular flexibility index (Phi) is 7.99. The highest BCUT2D eigenvalue weighted by Crippen LogP contribution is 2.18. The van der Waals surface area contributed by atoms with Gasteiger partial charge in [-0.05, 0) is 39.3 Å². The molecule has 5 nitrogen and oxygen atoms in total. The number of nitrogens with one attached hydrogen (secondary N) is 1. The fraction of sp³-hybridized carbons (Fsp3) is 0.778. The largest absolute Gasteiger partial charge is 0.357 e. The molecular weight excluding hydrogens is 318 g/mol. The summed E-state index contributed by atoms with van der Waals surface area (Å²) in [4.78, 5) is 15.5. The van der Waals surface area contributed by atoms with E-state index in [1.54, 1.807) is 11.3 Å². The minimum absolute atomic E-state index is 0.760. The van der Waals surface area contributed by atoms with Gasteiger partial charge < -0.3 is 15.1 Å². The molecule has 0 saturated carbocycles. The van der Waals surface area contributed by atoms with Gasteiger partial charge in [0.25, 0.3) is 0 Å². The first kappa shape index (κ1) is 19.2. The van der Waals surface area contributed by atoms with E-state index in [1.165, 1.54) is 22.9 Å². The number of aliphatic imine (C=N–C) groups is 1. The highest BCUT2D eigenvalue weighted by molar-refractivity contribution is 7.11. The normalized spacial score (nSPS) is 18.6. The van der Waals surface area contributed by atoms with E-state index in [0.717, 1.165) is 57.6 Å². The van der Waals surface area contributed by atoms with Crippen molar-refractivity contribution in [1.29, 1.82) is 0 Å². The number of likely N-dealkylation sites (tertiary alicyclic amines) is 1. The van der Waals surface area contributed by atoms with Gasteiger partial charge in [-0.3, -0.25) is 4.99 Å². The zero-order valence-corrected chi connectivity index (χ0v) is 16.5. The molecule has 1 aliphatic heterocycles. The standard InChI is InChI=1S/C18H33N5S/c1-5-19-18(20-10-8-17-21-12-15(4)24-17)23-11-9-16(14-23)13-22(6-2)7-3/h12,16H,5-11,13-14H2,1-4H3,(H,19,20). The highest BCUT2D eigenvalue weighted by atomic mass is 32.1. The first-order chi connectivity index (χ1) is 11.7. The van der Waals surface area contributed by atoms with E-state index in [0.29, 0.717) is 0 Å². The zero-order chi connectivity index (χ0) is 17.4. The van der Waals surface area contributed by atoms with Gasteiger partial charge in [-0.2, -0.15) is 0 Å². The van der Waals surface area contributed by atoms with E-state index in [1.807, 2.05) is 6.20 Å². The molecule has 1 aliphatic rings. The predicted octanol–water partition coefficient (Wildman–Crippen LogP) is 2.62. The topological polar surface area (TPSA) is 43.8 Å². The Hall–Kier alpha value is -1.14. The molecule has 1 aromatic heterocycles. The Labute approximate surface area is 151 Å². The lowest BCUT2D eigenvalue weighted by molar-refractivity contribution is 0.255. The third-order valence-electron chi connectivity index (χ3n) is 4.59. The molecule has 2 heterocycles. The molecule has 0 bridgehead atoms. The van der Waals surface area contributed by atoms with Gasteiger partial charge in [-0.15, -0.1) is 11.3 Å². The molecule has 1 aromatic rings. The van der Waals surface area contributed by atoms with Gasteiger partial charge >= 0.3 is 0 Å². The molecule has 0 amide bonds. The maximum absolute atomic E-state index is 4.84. The van der Waals surface area contributed by atoms with Crippen LogP contribution in [0.2, 0.25) is 0 Å². The molecule has 0 aromatic carbocycles. The van der Waals surface area contributed by atoms with Crippen LogP contribution in [-0.4, -0.2) is 66.6 Å². The Bertz CT molecular complexity index is 509. The summed E-state index contributed by atoms with van der Waals surface area (Å²) in [6.07, 6.45) is 4.16. The lowest BCUT2D eigenvalue weighted by Gasteiger charge is -2.24. The van der Waals surface area contributed by atoms with Gasteiger partial charge in [0.2, 0.25) is 0 Å². The van der Waals surface area contributed by atoms with Gasteiger partial charge in [0.1, 0.15) is 0 Å². The van der Waals surface area contributed by atoms with E-state index in [4.69, 9.17) is 4.99 Å². The fourth-order valence-electron chi connectivity index (χ4n) is 3.22. The molecule has 24 heavy (non-hydrogen) atoms. The molecule has 2 rings (SSSR count).